The van der Waals surface area contributed by atoms with Gasteiger partial charge in [0.05, 0.1) is 24.1 Å². The molecule has 3 aromatic carbocycles. The van der Waals surface area contributed by atoms with E-state index in [1.54, 1.807) is 42.3 Å². The van der Waals surface area contributed by atoms with Crippen molar-refractivity contribution >= 4 is 44.4 Å². The molecule has 1 aliphatic rings. The van der Waals surface area contributed by atoms with Crippen molar-refractivity contribution in [1.29, 1.82) is 0 Å². The molecule has 1 amide bonds. The Morgan fingerprint density at radius 3 is 2.45 bits per heavy atom. The van der Waals surface area contributed by atoms with E-state index >= 15 is 0 Å². The highest BCUT2D eigenvalue weighted by molar-refractivity contribution is 9.10. The number of halogens is 2. The topological polar surface area (TPSA) is 59.8 Å². The number of methoxy groups -OCH3 is 1. The van der Waals surface area contributed by atoms with E-state index in [0.29, 0.717) is 34.5 Å². The number of rotatable bonds is 5. The molecule has 5 nitrogen and oxygen atoms in total. The first-order valence-corrected chi connectivity index (χ1v) is 11.6. The van der Waals surface area contributed by atoms with Crippen LogP contribution in [0.25, 0.3) is 11.0 Å². The van der Waals surface area contributed by atoms with E-state index in [0.717, 1.165) is 21.3 Å². The smallest absolute Gasteiger partial charge is 0.290 e. The number of hydrogen-bond acceptors (Lipinski definition) is 4. The SMILES string of the molecule is COc1ccc(CCN2C(=O)c3oc4ccc(Br)cc4c(=O)c3C2c2ccc(Cl)cc2)cc1. The Morgan fingerprint density at radius 1 is 1.03 bits per heavy atom. The van der Waals surface area contributed by atoms with Crippen LogP contribution in [0.1, 0.15) is 33.3 Å². The minimum Gasteiger partial charge on any atom is -0.497 e. The van der Waals surface area contributed by atoms with E-state index in [1.165, 1.54) is 0 Å². The number of hydrogen-bond donors (Lipinski definition) is 0. The summed E-state index contributed by atoms with van der Waals surface area (Å²) in [6.07, 6.45) is 0.618. The van der Waals surface area contributed by atoms with Gasteiger partial charge in [0.15, 0.2) is 5.43 Å². The highest BCUT2D eigenvalue weighted by Gasteiger charge is 2.42. The summed E-state index contributed by atoms with van der Waals surface area (Å²) in [5.41, 5.74) is 2.42. The monoisotopic (exact) mass is 523 g/mol. The zero-order valence-electron chi connectivity index (χ0n) is 17.7. The summed E-state index contributed by atoms with van der Waals surface area (Å²) >= 11 is 9.52. The van der Waals surface area contributed by atoms with Crippen LogP contribution >= 0.6 is 27.5 Å². The van der Waals surface area contributed by atoms with Gasteiger partial charge in [-0.1, -0.05) is 51.8 Å². The average Bonchev–Trinajstić information content (AvgIpc) is 3.11. The van der Waals surface area contributed by atoms with Gasteiger partial charge in [0, 0.05) is 16.0 Å². The molecule has 4 aromatic rings. The molecule has 1 aromatic heterocycles. The van der Waals surface area contributed by atoms with Gasteiger partial charge in [-0.25, -0.2) is 0 Å². The Bertz CT molecular complexity index is 1410. The van der Waals surface area contributed by atoms with Crippen LogP contribution in [-0.2, 0) is 6.42 Å². The largest absolute Gasteiger partial charge is 0.497 e. The van der Waals surface area contributed by atoms with Crippen molar-refractivity contribution in [2.45, 2.75) is 12.5 Å². The van der Waals surface area contributed by atoms with Gasteiger partial charge in [-0.05, 0) is 60.0 Å². The third kappa shape index (κ3) is 3.94. The molecule has 1 aliphatic heterocycles. The van der Waals surface area contributed by atoms with Crippen LogP contribution < -0.4 is 10.2 Å². The van der Waals surface area contributed by atoms with Crippen LogP contribution in [0.15, 0.2) is 80.4 Å². The molecule has 1 atom stereocenters. The predicted octanol–water partition coefficient (Wildman–Crippen LogP) is 6.01. The molecular weight excluding hydrogens is 506 g/mol. The molecule has 5 rings (SSSR count). The molecule has 0 N–H and O–H groups in total. The Balaban J connectivity index is 1.60. The molecule has 2 heterocycles. The first-order chi connectivity index (χ1) is 16.0. The maximum atomic E-state index is 13.6. The molecule has 166 valence electrons. The van der Waals surface area contributed by atoms with Crippen LogP contribution in [0.4, 0.5) is 0 Å². The molecular formula is C26H19BrClNO4. The molecule has 1 unspecified atom stereocenters. The van der Waals surface area contributed by atoms with Gasteiger partial charge in [0.1, 0.15) is 11.3 Å². The second kappa shape index (κ2) is 8.69. The Morgan fingerprint density at radius 2 is 1.76 bits per heavy atom. The fourth-order valence-corrected chi connectivity index (χ4v) is 4.74. The lowest BCUT2D eigenvalue weighted by atomic mass is 9.98. The summed E-state index contributed by atoms with van der Waals surface area (Å²) in [5.74, 6) is 0.583. The van der Waals surface area contributed by atoms with Crippen LogP contribution in [-0.4, -0.2) is 24.5 Å². The fourth-order valence-electron chi connectivity index (χ4n) is 4.26. The molecule has 0 spiro atoms. The van der Waals surface area contributed by atoms with Gasteiger partial charge in [-0.2, -0.15) is 0 Å². The van der Waals surface area contributed by atoms with Crippen LogP contribution in [0.2, 0.25) is 5.02 Å². The highest BCUT2D eigenvalue weighted by atomic mass is 79.9. The predicted molar refractivity (Wildman–Crippen MR) is 131 cm³/mol. The molecule has 7 heteroatoms. The number of fused-ring (bicyclic) bond motifs is 2. The van der Waals surface area contributed by atoms with Crippen LogP contribution in [0.3, 0.4) is 0 Å². The summed E-state index contributed by atoms with van der Waals surface area (Å²) in [6.45, 7) is 0.419. The van der Waals surface area contributed by atoms with Crippen molar-refractivity contribution in [3.63, 3.8) is 0 Å². The molecule has 0 aliphatic carbocycles. The highest BCUT2D eigenvalue weighted by Crippen LogP contribution is 2.38. The minimum atomic E-state index is -0.553. The van der Waals surface area contributed by atoms with Gasteiger partial charge in [0.2, 0.25) is 5.76 Å². The second-order valence-electron chi connectivity index (χ2n) is 7.87. The van der Waals surface area contributed by atoms with E-state index in [1.807, 2.05) is 36.4 Å². The quantitative estimate of drug-likeness (QED) is 0.321. The molecule has 33 heavy (non-hydrogen) atoms. The molecule has 0 radical (unpaired) electrons. The molecule has 0 fully saturated rings. The fraction of sp³-hybridized carbons (Fsp3) is 0.154. The third-order valence-electron chi connectivity index (χ3n) is 5.91. The van der Waals surface area contributed by atoms with Crippen LogP contribution in [0, 0.1) is 0 Å². The average molecular weight is 525 g/mol. The van der Waals surface area contributed by atoms with E-state index in [-0.39, 0.29) is 17.1 Å². The maximum absolute atomic E-state index is 13.6. The Kier molecular flexibility index (Phi) is 5.72. The lowest BCUT2D eigenvalue weighted by molar-refractivity contribution is 0.0730. The first kappa shape index (κ1) is 21.7. The number of nitrogens with zero attached hydrogens (tertiary/aromatic N) is 1. The molecule has 0 saturated carbocycles. The molecule has 0 bridgehead atoms. The summed E-state index contributed by atoms with van der Waals surface area (Å²) in [6, 6.07) is 19.6. The van der Waals surface area contributed by atoms with Gasteiger partial charge >= 0.3 is 0 Å². The second-order valence-corrected chi connectivity index (χ2v) is 9.22. The van der Waals surface area contributed by atoms with Crippen molar-refractivity contribution in [3.05, 3.63) is 109 Å². The summed E-state index contributed by atoms with van der Waals surface area (Å²) in [7, 11) is 1.62. The zero-order valence-corrected chi connectivity index (χ0v) is 20.0. The summed E-state index contributed by atoms with van der Waals surface area (Å²) in [5, 5.41) is 1.02. The van der Waals surface area contributed by atoms with E-state index in [4.69, 9.17) is 20.8 Å². The van der Waals surface area contributed by atoms with Gasteiger partial charge in [-0.3, -0.25) is 9.59 Å². The number of benzene rings is 3. The molecule has 0 saturated heterocycles. The Labute approximate surface area is 203 Å². The lowest BCUT2D eigenvalue weighted by Crippen LogP contribution is -2.31. The van der Waals surface area contributed by atoms with E-state index in [9.17, 15) is 9.59 Å². The van der Waals surface area contributed by atoms with E-state index in [2.05, 4.69) is 15.9 Å². The first-order valence-electron chi connectivity index (χ1n) is 10.4. The zero-order chi connectivity index (χ0) is 23.1. The van der Waals surface area contributed by atoms with Crippen molar-refractivity contribution in [2.24, 2.45) is 0 Å². The number of carbonyl (C=O) groups is 1. The standard InChI is InChI=1S/C26H19BrClNO4/c1-32-19-9-2-15(3-10-19)12-13-29-23(16-4-7-18(28)8-5-16)22-24(30)20-14-17(27)6-11-21(20)33-25(22)26(29)31/h2-11,14,23H,12-13H2,1H3. The lowest BCUT2D eigenvalue weighted by Gasteiger charge is -2.25. The van der Waals surface area contributed by atoms with Gasteiger partial charge in [-0.15, -0.1) is 0 Å². The minimum absolute atomic E-state index is 0.101. The van der Waals surface area contributed by atoms with E-state index < -0.39 is 6.04 Å². The maximum Gasteiger partial charge on any atom is 0.290 e. The third-order valence-corrected chi connectivity index (χ3v) is 6.66. The Hall–Kier alpha value is -3.09. The van der Waals surface area contributed by atoms with Gasteiger partial charge in [0.25, 0.3) is 5.91 Å². The number of amides is 1. The van der Waals surface area contributed by atoms with Crippen molar-refractivity contribution in [1.82, 2.24) is 4.90 Å². The van der Waals surface area contributed by atoms with Crippen molar-refractivity contribution < 1.29 is 13.9 Å². The van der Waals surface area contributed by atoms with Crippen LogP contribution in [0.5, 0.6) is 5.75 Å². The summed E-state index contributed by atoms with van der Waals surface area (Å²) in [4.78, 5) is 28.7. The number of carbonyl (C=O) groups excluding carboxylic acids is 1. The van der Waals surface area contributed by atoms with Crippen molar-refractivity contribution in [2.75, 3.05) is 13.7 Å². The normalized spacial score (nSPS) is 15.2. The number of ether oxygens (including phenoxy) is 1. The summed E-state index contributed by atoms with van der Waals surface area (Å²) < 4.78 is 12.0. The van der Waals surface area contributed by atoms with Gasteiger partial charge < -0.3 is 14.1 Å². The van der Waals surface area contributed by atoms with Crippen molar-refractivity contribution in [3.8, 4) is 5.75 Å².